The summed E-state index contributed by atoms with van der Waals surface area (Å²) in [5.74, 6) is 0.498. The topological polar surface area (TPSA) is 91.3 Å². The van der Waals surface area contributed by atoms with Crippen LogP contribution in [-0.2, 0) is 13.0 Å². The summed E-state index contributed by atoms with van der Waals surface area (Å²) in [6.45, 7) is 1.58. The Morgan fingerprint density at radius 1 is 1.03 bits per heavy atom. The molecule has 0 spiro atoms. The summed E-state index contributed by atoms with van der Waals surface area (Å²) >= 11 is 0. The van der Waals surface area contributed by atoms with E-state index in [1.165, 1.54) is 12.1 Å². The molecule has 0 N–H and O–H groups in total. The van der Waals surface area contributed by atoms with Crippen molar-refractivity contribution in [3.8, 4) is 17.5 Å². The standard InChI is InChI=1S/C22H22F6N6O3/c1-12-30-31-20(35-12)33-9-13-5-6-14(10-33)17(13)8-18-29-19(34(32-18)11-21(23,24)25)36-15-3-2-4-16(7-15)37-22(26,27)28/h2-4,7,13-14,17H,5-6,8-11H2,1H3. The highest BCUT2D eigenvalue weighted by atomic mass is 19.4. The van der Waals surface area contributed by atoms with Crippen molar-refractivity contribution in [1.82, 2.24) is 25.0 Å². The van der Waals surface area contributed by atoms with E-state index < -0.39 is 30.8 Å². The van der Waals surface area contributed by atoms with Crippen molar-refractivity contribution < 1.29 is 40.2 Å². The molecular weight excluding hydrogens is 510 g/mol. The molecular formula is C22H22F6N6O3. The first-order chi connectivity index (χ1) is 17.4. The van der Waals surface area contributed by atoms with Crippen molar-refractivity contribution >= 4 is 6.01 Å². The minimum atomic E-state index is -4.93. The van der Waals surface area contributed by atoms with Gasteiger partial charge in [0.05, 0.1) is 0 Å². The van der Waals surface area contributed by atoms with Gasteiger partial charge in [0.1, 0.15) is 18.0 Å². The van der Waals surface area contributed by atoms with Crippen molar-refractivity contribution in [2.45, 2.75) is 45.3 Å². The summed E-state index contributed by atoms with van der Waals surface area (Å²) in [7, 11) is 0. The molecule has 1 saturated heterocycles. The van der Waals surface area contributed by atoms with E-state index >= 15 is 0 Å². The van der Waals surface area contributed by atoms with Crippen LogP contribution in [-0.4, -0.2) is 50.6 Å². The average Bonchev–Trinajstić information content (AvgIpc) is 3.42. The van der Waals surface area contributed by atoms with E-state index in [1.54, 1.807) is 6.92 Å². The van der Waals surface area contributed by atoms with Gasteiger partial charge in [-0.1, -0.05) is 11.2 Å². The van der Waals surface area contributed by atoms with Gasteiger partial charge in [-0.25, -0.2) is 4.68 Å². The number of nitrogens with zero attached hydrogens (tertiary/aromatic N) is 6. The molecule has 2 aliphatic rings. The molecule has 2 atom stereocenters. The molecule has 15 heteroatoms. The van der Waals surface area contributed by atoms with E-state index in [0.717, 1.165) is 25.0 Å². The Bertz CT molecular complexity index is 1230. The van der Waals surface area contributed by atoms with Gasteiger partial charge in [-0.15, -0.1) is 18.3 Å². The molecule has 2 unspecified atom stereocenters. The van der Waals surface area contributed by atoms with Crippen LogP contribution in [0.5, 0.6) is 17.5 Å². The number of aryl methyl sites for hydroxylation is 1. The SMILES string of the molecule is Cc1nnc(N2CC3CCC(C2)C3Cc2nc(Oc3cccc(OC(F)(F)F)c3)n(CC(F)(F)F)n2)o1. The van der Waals surface area contributed by atoms with E-state index in [2.05, 4.69) is 25.0 Å². The average molecular weight is 532 g/mol. The Balaban J connectivity index is 1.33. The summed E-state index contributed by atoms with van der Waals surface area (Å²) < 4.78 is 92.6. The van der Waals surface area contributed by atoms with Crippen LogP contribution in [0.3, 0.4) is 0 Å². The van der Waals surface area contributed by atoms with Crippen LogP contribution in [0.25, 0.3) is 0 Å². The molecule has 200 valence electrons. The highest BCUT2D eigenvalue weighted by molar-refractivity contribution is 5.34. The first-order valence-corrected chi connectivity index (χ1v) is 11.5. The highest BCUT2D eigenvalue weighted by Crippen LogP contribution is 2.44. The lowest BCUT2D eigenvalue weighted by Gasteiger charge is -2.36. The van der Waals surface area contributed by atoms with Crippen LogP contribution < -0.4 is 14.4 Å². The second-order valence-corrected chi connectivity index (χ2v) is 9.18. The fourth-order valence-corrected chi connectivity index (χ4v) is 5.10. The lowest BCUT2D eigenvalue weighted by Crippen LogP contribution is -2.43. The molecule has 0 radical (unpaired) electrons. The van der Waals surface area contributed by atoms with E-state index in [-0.39, 0.29) is 29.3 Å². The van der Waals surface area contributed by atoms with Crippen molar-refractivity contribution in [3.63, 3.8) is 0 Å². The lowest BCUT2D eigenvalue weighted by atomic mass is 9.82. The van der Waals surface area contributed by atoms with E-state index in [1.807, 2.05) is 4.90 Å². The number of piperidine rings is 1. The third kappa shape index (κ3) is 6.07. The Morgan fingerprint density at radius 3 is 2.35 bits per heavy atom. The van der Waals surface area contributed by atoms with Crippen LogP contribution in [0.1, 0.15) is 24.6 Å². The lowest BCUT2D eigenvalue weighted by molar-refractivity contribution is -0.274. The monoisotopic (exact) mass is 532 g/mol. The number of hydrogen-bond acceptors (Lipinski definition) is 8. The molecule has 2 aromatic heterocycles. The molecule has 2 bridgehead atoms. The first kappa shape index (κ1) is 25.1. The molecule has 2 fully saturated rings. The predicted octanol–water partition coefficient (Wildman–Crippen LogP) is 4.93. The fraction of sp³-hybridized carbons (Fsp3) is 0.545. The van der Waals surface area contributed by atoms with E-state index in [9.17, 15) is 26.3 Å². The summed E-state index contributed by atoms with van der Waals surface area (Å²) in [5, 5.41) is 12.0. The third-order valence-corrected chi connectivity index (χ3v) is 6.49. The zero-order valence-electron chi connectivity index (χ0n) is 19.5. The number of aromatic nitrogens is 5. The Labute approximate surface area is 206 Å². The number of benzene rings is 1. The molecule has 5 rings (SSSR count). The molecule has 1 aromatic carbocycles. The molecule has 1 aliphatic heterocycles. The summed E-state index contributed by atoms with van der Waals surface area (Å²) in [4.78, 5) is 6.20. The quantitative estimate of drug-likeness (QED) is 0.396. The minimum Gasteiger partial charge on any atom is -0.424 e. The third-order valence-electron chi connectivity index (χ3n) is 6.49. The molecule has 1 aliphatic carbocycles. The number of anilines is 1. The maximum Gasteiger partial charge on any atom is 0.573 e. The molecule has 3 heterocycles. The Hall–Kier alpha value is -3.52. The zero-order chi connectivity index (χ0) is 26.4. The van der Waals surface area contributed by atoms with Crippen LogP contribution >= 0.6 is 0 Å². The van der Waals surface area contributed by atoms with Gasteiger partial charge in [-0.2, -0.15) is 23.3 Å². The van der Waals surface area contributed by atoms with Gasteiger partial charge in [-0.3, -0.25) is 0 Å². The molecule has 1 saturated carbocycles. The maximum absolute atomic E-state index is 13.2. The summed E-state index contributed by atoms with van der Waals surface area (Å²) in [5.41, 5.74) is 0. The van der Waals surface area contributed by atoms with Crippen LogP contribution in [0, 0.1) is 24.7 Å². The van der Waals surface area contributed by atoms with Crippen molar-refractivity contribution in [2.24, 2.45) is 17.8 Å². The van der Waals surface area contributed by atoms with Crippen molar-refractivity contribution in [1.29, 1.82) is 0 Å². The Kier molecular flexibility index (Phi) is 6.40. The van der Waals surface area contributed by atoms with Gasteiger partial charge in [0, 0.05) is 32.5 Å². The smallest absolute Gasteiger partial charge is 0.424 e. The number of alkyl halides is 6. The van der Waals surface area contributed by atoms with E-state index in [0.29, 0.717) is 36.1 Å². The van der Waals surface area contributed by atoms with Crippen LogP contribution in [0.2, 0.25) is 0 Å². The maximum atomic E-state index is 13.2. The Morgan fingerprint density at radius 2 is 1.73 bits per heavy atom. The molecule has 3 aromatic rings. The largest absolute Gasteiger partial charge is 0.573 e. The van der Waals surface area contributed by atoms with Gasteiger partial charge in [0.15, 0.2) is 5.82 Å². The number of halogens is 6. The normalized spacial score (nSPS) is 21.9. The van der Waals surface area contributed by atoms with E-state index in [4.69, 9.17) is 9.15 Å². The molecule has 0 amide bonds. The van der Waals surface area contributed by atoms with Gasteiger partial charge >= 0.3 is 24.6 Å². The zero-order valence-corrected chi connectivity index (χ0v) is 19.5. The number of hydrogen-bond donors (Lipinski definition) is 0. The second kappa shape index (κ2) is 9.41. The first-order valence-electron chi connectivity index (χ1n) is 11.5. The van der Waals surface area contributed by atoms with Gasteiger partial charge in [-0.05, 0) is 42.7 Å². The summed E-state index contributed by atoms with van der Waals surface area (Å²) in [6.07, 6.45) is -7.32. The summed E-state index contributed by atoms with van der Waals surface area (Å²) in [6, 6.07) is 4.44. The highest BCUT2D eigenvalue weighted by Gasteiger charge is 2.44. The molecule has 9 nitrogen and oxygen atoms in total. The molecule has 37 heavy (non-hydrogen) atoms. The van der Waals surface area contributed by atoms with Crippen LogP contribution in [0.15, 0.2) is 28.7 Å². The van der Waals surface area contributed by atoms with Crippen molar-refractivity contribution in [2.75, 3.05) is 18.0 Å². The number of rotatable bonds is 7. The van der Waals surface area contributed by atoms with Gasteiger partial charge in [0.25, 0.3) is 0 Å². The van der Waals surface area contributed by atoms with Gasteiger partial charge in [0.2, 0.25) is 5.89 Å². The number of fused-ring (bicyclic) bond motifs is 2. The van der Waals surface area contributed by atoms with Crippen molar-refractivity contribution in [3.05, 3.63) is 36.0 Å². The fourth-order valence-electron chi connectivity index (χ4n) is 5.10. The van der Waals surface area contributed by atoms with Crippen LogP contribution in [0.4, 0.5) is 32.4 Å². The minimum absolute atomic E-state index is 0.137. The predicted molar refractivity (Wildman–Crippen MR) is 114 cm³/mol. The second-order valence-electron chi connectivity index (χ2n) is 9.18. The number of ether oxygens (including phenoxy) is 2. The van der Waals surface area contributed by atoms with Gasteiger partial charge < -0.3 is 18.8 Å².